The van der Waals surface area contributed by atoms with Crippen molar-refractivity contribution < 1.29 is 4.79 Å². The van der Waals surface area contributed by atoms with E-state index in [-0.39, 0.29) is 0 Å². The second-order valence-corrected chi connectivity index (χ2v) is 3.45. The van der Waals surface area contributed by atoms with Crippen LogP contribution in [0.25, 0.3) is 0 Å². The molecule has 0 aromatic rings. The van der Waals surface area contributed by atoms with Gasteiger partial charge in [0.2, 0.25) is 5.91 Å². The van der Waals surface area contributed by atoms with Crippen molar-refractivity contribution in [2.45, 2.75) is 31.7 Å². The number of nitrogens with zero attached hydrogens (tertiary/aromatic N) is 1. The fourth-order valence-electron chi connectivity index (χ4n) is 2.18. The molecule has 1 saturated carbocycles. The first-order chi connectivity index (χ1) is 4.79. The highest BCUT2D eigenvalue weighted by Gasteiger charge is 2.37. The van der Waals surface area contributed by atoms with Crippen molar-refractivity contribution >= 4 is 5.91 Å². The predicted octanol–water partition coefficient (Wildman–Crippen LogP) is 1.02. The number of fused-ring (bicyclic) bond motifs is 3. The Morgan fingerprint density at radius 1 is 1.30 bits per heavy atom. The highest BCUT2D eigenvalue weighted by atomic mass is 16.2. The lowest BCUT2D eigenvalue weighted by atomic mass is 9.80. The van der Waals surface area contributed by atoms with Crippen molar-refractivity contribution in [3.05, 3.63) is 0 Å². The molecule has 2 heteroatoms. The zero-order valence-electron chi connectivity index (χ0n) is 6.34. The van der Waals surface area contributed by atoms with Gasteiger partial charge in [-0.15, -0.1) is 0 Å². The minimum absolute atomic E-state index is 0.384. The molecule has 3 rings (SSSR count). The van der Waals surface area contributed by atoms with E-state index in [0.29, 0.717) is 17.9 Å². The van der Waals surface area contributed by atoms with Gasteiger partial charge in [0.1, 0.15) is 0 Å². The lowest BCUT2D eigenvalue weighted by Gasteiger charge is -2.42. The van der Waals surface area contributed by atoms with Crippen LogP contribution in [0.1, 0.15) is 25.7 Å². The van der Waals surface area contributed by atoms with Crippen molar-refractivity contribution in [3.8, 4) is 0 Å². The van der Waals surface area contributed by atoms with Gasteiger partial charge in [-0.3, -0.25) is 4.79 Å². The minimum atomic E-state index is 0.384. The number of rotatable bonds is 0. The molecule has 0 radical (unpaired) electrons. The Kier molecular flexibility index (Phi) is 1.22. The summed E-state index contributed by atoms with van der Waals surface area (Å²) >= 11 is 0. The molecule has 2 aliphatic heterocycles. The third-order valence-electron chi connectivity index (χ3n) is 2.94. The van der Waals surface area contributed by atoms with Crippen molar-refractivity contribution in [3.63, 3.8) is 0 Å². The molecule has 2 bridgehead atoms. The summed E-state index contributed by atoms with van der Waals surface area (Å²) in [5.74, 6) is 0.775. The average molecular weight is 139 g/mol. The van der Waals surface area contributed by atoms with Crippen LogP contribution in [0.5, 0.6) is 0 Å². The second-order valence-electron chi connectivity index (χ2n) is 3.45. The van der Waals surface area contributed by atoms with Gasteiger partial charge in [-0.1, -0.05) is 0 Å². The zero-order chi connectivity index (χ0) is 7.14. The molecule has 0 atom stereocenters. The maximum Gasteiger partial charge on any atom is 0.225 e. The molecule has 0 spiro atoms. The largest absolute Gasteiger partial charge is 0.343 e. The number of hydrogen-bond donors (Lipinski definition) is 0. The van der Waals surface area contributed by atoms with Crippen LogP contribution in [0.2, 0.25) is 0 Å². The number of piperidine rings is 2. The molecule has 10 heavy (non-hydrogen) atoms. The maximum absolute atomic E-state index is 11.3. The van der Waals surface area contributed by atoms with Crippen molar-refractivity contribution in [2.75, 3.05) is 7.05 Å². The first-order valence-electron chi connectivity index (χ1n) is 4.05. The van der Waals surface area contributed by atoms with E-state index in [0.717, 1.165) is 12.8 Å². The van der Waals surface area contributed by atoms with Gasteiger partial charge in [-0.25, -0.2) is 0 Å². The van der Waals surface area contributed by atoms with Gasteiger partial charge in [0.15, 0.2) is 0 Å². The Hall–Kier alpha value is -0.530. The van der Waals surface area contributed by atoms with Crippen molar-refractivity contribution in [1.29, 1.82) is 0 Å². The third kappa shape index (κ3) is 0.678. The van der Waals surface area contributed by atoms with Gasteiger partial charge in [0.05, 0.1) is 0 Å². The number of carbonyl (C=O) groups is 1. The van der Waals surface area contributed by atoms with Crippen LogP contribution in [0, 0.1) is 5.92 Å². The molecular formula is C8H13NO. The van der Waals surface area contributed by atoms with Crippen LogP contribution in [-0.2, 0) is 4.79 Å². The number of amides is 1. The summed E-state index contributed by atoms with van der Waals surface area (Å²) in [7, 11) is 1.94. The van der Waals surface area contributed by atoms with E-state index >= 15 is 0 Å². The highest BCUT2D eigenvalue weighted by molar-refractivity contribution is 5.80. The quantitative estimate of drug-likeness (QED) is 0.490. The Balaban J connectivity index is 2.20. The Labute approximate surface area is 61.2 Å². The fraction of sp³-hybridized carbons (Fsp3) is 0.875. The summed E-state index contributed by atoms with van der Waals surface area (Å²) in [5.41, 5.74) is 0. The molecule has 0 aromatic heterocycles. The summed E-state index contributed by atoms with van der Waals surface area (Å²) in [6.07, 6.45) is 4.78. The first-order valence-corrected chi connectivity index (χ1v) is 4.05. The van der Waals surface area contributed by atoms with E-state index in [1.807, 2.05) is 11.9 Å². The summed E-state index contributed by atoms with van der Waals surface area (Å²) in [6.45, 7) is 0. The molecule has 2 nitrogen and oxygen atoms in total. The van der Waals surface area contributed by atoms with Gasteiger partial charge in [0, 0.05) is 19.0 Å². The monoisotopic (exact) mass is 139 g/mol. The first kappa shape index (κ1) is 6.20. The van der Waals surface area contributed by atoms with E-state index in [1.165, 1.54) is 12.8 Å². The van der Waals surface area contributed by atoms with Crippen LogP contribution in [0.3, 0.4) is 0 Å². The van der Waals surface area contributed by atoms with Gasteiger partial charge < -0.3 is 4.90 Å². The SMILES string of the molecule is CN1C(=O)C2CCC1CC2. The van der Waals surface area contributed by atoms with Gasteiger partial charge in [0.25, 0.3) is 0 Å². The van der Waals surface area contributed by atoms with E-state index in [2.05, 4.69) is 0 Å². The maximum atomic E-state index is 11.3. The molecular weight excluding hydrogens is 126 g/mol. The Morgan fingerprint density at radius 2 is 1.90 bits per heavy atom. The van der Waals surface area contributed by atoms with Crippen molar-refractivity contribution in [1.82, 2.24) is 4.90 Å². The summed E-state index contributed by atoms with van der Waals surface area (Å²) in [5, 5.41) is 0. The summed E-state index contributed by atoms with van der Waals surface area (Å²) < 4.78 is 0. The molecule has 0 unspecified atom stereocenters. The van der Waals surface area contributed by atoms with E-state index in [9.17, 15) is 4.79 Å². The predicted molar refractivity (Wildman–Crippen MR) is 38.5 cm³/mol. The minimum Gasteiger partial charge on any atom is -0.343 e. The third-order valence-corrected chi connectivity index (χ3v) is 2.94. The number of carbonyl (C=O) groups excluding carboxylic acids is 1. The molecule has 2 saturated heterocycles. The lowest BCUT2D eigenvalue weighted by Crippen LogP contribution is -2.49. The second kappa shape index (κ2) is 1.97. The average Bonchev–Trinajstić information content (AvgIpc) is 2.00. The molecule has 0 aromatic carbocycles. The lowest BCUT2D eigenvalue weighted by molar-refractivity contribution is -0.144. The van der Waals surface area contributed by atoms with Gasteiger partial charge in [-0.2, -0.15) is 0 Å². The van der Waals surface area contributed by atoms with Gasteiger partial charge in [-0.05, 0) is 25.7 Å². The normalized spacial score (nSPS) is 38.9. The van der Waals surface area contributed by atoms with Crippen LogP contribution >= 0.6 is 0 Å². The molecule has 56 valence electrons. The standard InChI is InChI=1S/C8H13NO/c1-9-7-4-2-6(3-5-7)8(9)10/h6-7H,2-5H2,1H3. The highest BCUT2D eigenvalue weighted by Crippen LogP contribution is 2.34. The smallest absolute Gasteiger partial charge is 0.225 e. The van der Waals surface area contributed by atoms with Crippen molar-refractivity contribution in [2.24, 2.45) is 5.92 Å². The number of hydrogen-bond acceptors (Lipinski definition) is 1. The molecule has 3 aliphatic rings. The Morgan fingerprint density at radius 3 is 2.20 bits per heavy atom. The van der Waals surface area contributed by atoms with Crippen LogP contribution in [-0.4, -0.2) is 23.9 Å². The Bertz CT molecular complexity index is 155. The molecule has 2 heterocycles. The molecule has 1 aliphatic carbocycles. The summed E-state index contributed by atoms with van der Waals surface area (Å²) in [4.78, 5) is 13.3. The molecule has 0 N–H and O–H groups in total. The van der Waals surface area contributed by atoms with E-state index < -0.39 is 0 Å². The van der Waals surface area contributed by atoms with E-state index in [1.54, 1.807) is 0 Å². The molecule has 3 fully saturated rings. The van der Waals surface area contributed by atoms with Crippen LogP contribution < -0.4 is 0 Å². The topological polar surface area (TPSA) is 20.3 Å². The fourth-order valence-corrected chi connectivity index (χ4v) is 2.18. The zero-order valence-corrected chi connectivity index (χ0v) is 6.34. The van der Waals surface area contributed by atoms with Crippen LogP contribution in [0.15, 0.2) is 0 Å². The molecule has 1 amide bonds. The summed E-state index contributed by atoms with van der Waals surface area (Å²) in [6, 6.07) is 0.581. The van der Waals surface area contributed by atoms with Crippen LogP contribution in [0.4, 0.5) is 0 Å². The van der Waals surface area contributed by atoms with E-state index in [4.69, 9.17) is 0 Å². The van der Waals surface area contributed by atoms with Gasteiger partial charge >= 0.3 is 0 Å².